The van der Waals surface area contributed by atoms with Gasteiger partial charge in [0, 0.05) is 0 Å². The molecule has 10 heavy (non-hydrogen) atoms. The molecular formula is C4H6O4S2. The van der Waals surface area contributed by atoms with Gasteiger partial charge in [0.15, 0.2) is 24.6 Å². The van der Waals surface area contributed by atoms with Crippen LogP contribution in [0.4, 0.5) is 0 Å². The highest BCUT2D eigenvalue weighted by Gasteiger charge is 2.33. The van der Waals surface area contributed by atoms with E-state index in [-0.39, 0.29) is 12.2 Å². The van der Waals surface area contributed by atoms with E-state index in [0.29, 0.717) is 13.2 Å². The van der Waals surface area contributed by atoms with Crippen LogP contribution < -0.4 is 0 Å². The summed E-state index contributed by atoms with van der Waals surface area (Å²) in [4.78, 5) is 0. The van der Waals surface area contributed by atoms with E-state index in [0.717, 1.165) is 24.6 Å². The Kier molecular flexibility index (Phi) is 2.37. The van der Waals surface area contributed by atoms with Crippen LogP contribution in [0.15, 0.2) is 0 Å². The standard InChI is InChI=1S/C4H6O4S2/c1-3(7-9-5-1)4-2-6-10-8-4/h3-4H,1-2H2. The van der Waals surface area contributed by atoms with Crippen LogP contribution in [0, 0.1) is 0 Å². The van der Waals surface area contributed by atoms with Crippen LogP contribution >= 0.6 is 24.6 Å². The summed E-state index contributed by atoms with van der Waals surface area (Å²) >= 11 is 2.05. The molecule has 2 heterocycles. The Morgan fingerprint density at radius 3 is 1.70 bits per heavy atom. The van der Waals surface area contributed by atoms with Crippen molar-refractivity contribution in [2.45, 2.75) is 12.2 Å². The zero-order chi connectivity index (χ0) is 6.81. The van der Waals surface area contributed by atoms with Crippen LogP contribution in [-0.4, -0.2) is 25.4 Å². The van der Waals surface area contributed by atoms with Gasteiger partial charge in [0.25, 0.3) is 0 Å². The van der Waals surface area contributed by atoms with Crippen molar-refractivity contribution in [2.24, 2.45) is 0 Å². The zero-order valence-corrected chi connectivity index (χ0v) is 6.65. The maximum absolute atomic E-state index is 5.11. The molecule has 2 saturated heterocycles. The normalized spacial score (nSPS) is 40.8. The highest BCUT2D eigenvalue weighted by atomic mass is 32.2. The second-order valence-electron chi connectivity index (χ2n) is 1.97. The molecule has 58 valence electrons. The fourth-order valence-electron chi connectivity index (χ4n) is 0.740. The minimum Gasteiger partial charge on any atom is -0.288 e. The minimum atomic E-state index is 0.0278. The second-order valence-corrected chi connectivity index (χ2v) is 3.10. The fraction of sp³-hybridized carbons (Fsp3) is 1.00. The highest BCUT2D eigenvalue weighted by Crippen LogP contribution is 2.29. The summed E-state index contributed by atoms with van der Waals surface area (Å²) in [6.07, 6.45) is 0.0556. The Hall–Kier alpha value is 0.540. The first-order chi connectivity index (χ1) is 4.97. The quantitative estimate of drug-likeness (QED) is 0.562. The van der Waals surface area contributed by atoms with Gasteiger partial charge in [-0.1, -0.05) is 0 Å². The molecule has 2 unspecified atom stereocenters. The molecule has 6 heteroatoms. The van der Waals surface area contributed by atoms with Crippen LogP contribution in [0.25, 0.3) is 0 Å². The fourth-order valence-corrected chi connectivity index (χ4v) is 1.79. The summed E-state index contributed by atoms with van der Waals surface area (Å²) in [5.74, 6) is 0. The lowest BCUT2D eigenvalue weighted by Gasteiger charge is -2.09. The molecule has 0 aliphatic carbocycles. The summed E-state index contributed by atoms with van der Waals surface area (Å²) in [5, 5.41) is 0. The second kappa shape index (κ2) is 3.29. The van der Waals surface area contributed by atoms with Crippen molar-refractivity contribution < 1.29 is 16.7 Å². The molecule has 0 radical (unpaired) electrons. The van der Waals surface area contributed by atoms with E-state index in [1.807, 2.05) is 0 Å². The monoisotopic (exact) mass is 182 g/mol. The Morgan fingerprint density at radius 2 is 1.40 bits per heavy atom. The van der Waals surface area contributed by atoms with Crippen molar-refractivity contribution in [3.05, 3.63) is 0 Å². The molecule has 0 bridgehead atoms. The summed E-state index contributed by atoms with van der Waals surface area (Å²) in [7, 11) is 0. The van der Waals surface area contributed by atoms with Crippen LogP contribution in [-0.2, 0) is 16.7 Å². The molecule has 0 aromatic rings. The molecule has 2 aliphatic rings. The summed E-state index contributed by atoms with van der Waals surface area (Å²) < 4.78 is 20.1. The molecule has 2 fully saturated rings. The van der Waals surface area contributed by atoms with Gasteiger partial charge >= 0.3 is 0 Å². The predicted octanol–water partition coefficient (Wildman–Crippen LogP) is 0.944. The third-order valence-corrected chi connectivity index (χ3v) is 2.42. The van der Waals surface area contributed by atoms with E-state index >= 15 is 0 Å². The molecule has 2 atom stereocenters. The third kappa shape index (κ3) is 1.41. The lowest BCUT2D eigenvalue weighted by atomic mass is 10.2. The third-order valence-electron chi connectivity index (χ3n) is 1.30. The molecule has 0 aromatic carbocycles. The molecule has 2 rings (SSSR count). The van der Waals surface area contributed by atoms with Gasteiger partial charge in [0.2, 0.25) is 0 Å². The molecule has 2 aliphatic heterocycles. The van der Waals surface area contributed by atoms with Gasteiger partial charge < -0.3 is 0 Å². The number of hydrogen-bond donors (Lipinski definition) is 0. The molecule has 4 nitrogen and oxygen atoms in total. The van der Waals surface area contributed by atoms with E-state index in [1.54, 1.807) is 0 Å². The predicted molar refractivity (Wildman–Crippen MR) is 36.8 cm³/mol. The van der Waals surface area contributed by atoms with Crippen LogP contribution in [0.1, 0.15) is 0 Å². The van der Waals surface area contributed by atoms with Crippen molar-refractivity contribution in [3.63, 3.8) is 0 Å². The molecule has 0 aromatic heterocycles. The van der Waals surface area contributed by atoms with Crippen molar-refractivity contribution in [3.8, 4) is 0 Å². The van der Waals surface area contributed by atoms with Crippen molar-refractivity contribution >= 4 is 24.6 Å². The summed E-state index contributed by atoms with van der Waals surface area (Å²) in [6.45, 7) is 1.17. The molecular weight excluding hydrogens is 176 g/mol. The van der Waals surface area contributed by atoms with Gasteiger partial charge in [0.05, 0.1) is 13.2 Å². The number of rotatable bonds is 1. The summed E-state index contributed by atoms with van der Waals surface area (Å²) in [5.41, 5.74) is 0. The van der Waals surface area contributed by atoms with Gasteiger partial charge in [0.1, 0.15) is 12.2 Å². The molecule has 0 amide bonds. The minimum absolute atomic E-state index is 0.0278. The van der Waals surface area contributed by atoms with E-state index in [9.17, 15) is 0 Å². The molecule has 0 saturated carbocycles. The van der Waals surface area contributed by atoms with Crippen LogP contribution in [0.5, 0.6) is 0 Å². The van der Waals surface area contributed by atoms with Crippen LogP contribution in [0.2, 0.25) is 0 Å². The van der Waals surface area contributed by atoms with E-state index in [1.165, 1.54) is 0 Å². The number of hydrogen-bond acceptors (Lipinski definition) is 6. The van der Waals surface area contributed by atoms with E-state index in [2.05, 4.69) is 0 Å². The first kappa shape index (κ1) is 7.20. The first-order valence-corrected chi connectivity index (χ1v) is 4.20. The first-order valence-electron chi connectivity index (χ1n) is 2.87. The Morgan fingerprint density at radius 1 is 0.900 bits per heavy atom. The van der Waals surface area contributed by atoms with Crippen LogP contribution in [0.3, 0.4) is 0 Å². The Bertz CT molecular complexity index is 95.8. The average Bonchev–Trinajstić information content (AvgIpc) is 2.59. The molecule has 0 spiro atoms. The van der Waals surface area contributed by atoms with Crippen molar-refractivity contribution in [2.75, 3.05) is 13.2 Å². The zero-order valence-electron chi connectivity index (χ0n) is 5.02. The highest BCUT2D eigenvalue weighted by molar-refractivity contribution is 7.90. The maximum atomic E-state index is 5.11. The smallest absolute Gasteiger partial charge is 0.159 e. The Labute approximate surface area is 67.4 Å². The van der Waals surface area contributed by atoms with Gasteiger partial charge in [-0.15, -0.1) is 0 Å². The van der Waals surface area contributed by atoms with Gasteiger partial charge in [-0.05, 0) is 0 Å². The SMILES string of the molecule is C1OSOC1C1COSO1. The van der Waals surface area contributed by atoms with Crippen molar-refractivity contribution in [1.29, 1.82) is 0 Å². The van der Waals surface area contributed by atoms with Crippen molar-refractivity contribution in [1.82, 2.24) is 0 Å². The molecule has 0 N–H and O–H groups in total. The largest absolute Gasteiger partial charge is 0.288 e. The van der Waals surface area contributed by atoms with E-state index in [4.69, 9.17) is 16.7 Å². The van der Waals surface area contributed by atoms with Gasteiger partial charge in [-0.2, -0.15) is 0 Å². The lowest BCUT2D eigenvalue weighted by Crippen LogP contribution is -2.28. The average molecular weight is 182 g/mol. The Balaban J connectivity index is 1.85. The lowest BCUT2D eigenvalue weighted by molar-refractivity contribution is 0.0909. The van der Waals surface area contributed by atoms with Gasteiger partial charge in [-0.3, -0.25) is 16.7 Å². The maximum Gasteiger partial charge on any atom is 0.159 e. The summed E-state index contributed by atoms with van der Waals surface area (Å²) in [6, 6.07) is 0. The topological polar surface area (TPSA) is 36.9 Å². The van der Waals surface area contributed by atoms with Gasteiger partial charge in [-0.25, -0.2) is 0 Å². The van der Waals surface area contributed by atoms with E-state index < -0.39 is 0 Å².